The molecule has 11 nitrogen and oxygen atoms in total. The zero-order valence-electron chi connectivity index (χ0n) is 27.5. The maximum Gasteiger partial charge on any atom is 0.441 e. The number of anilines is 2. The molecule has 8 rings (SSSR count). The van der Waals surface area contributed by atoms with Crippen LogP contribution in [-0.2, 0) is 6.54 Å². The van der Waals surface area contributed by atoms with Crippen molar-refractivity contribution in [1.82, 2.24) is 25.2 Å². The van der Waals surface area contributed by atoms with Crippen LogP contribution in [0, 0.1) is 5.41 Å². The van der Waals surface area contributed by atoms with E-state index in [4.69, 9.17) is 21.1 Å². The monoisotopic (exact) mass is 710 g/mol. The number of carbonyl (C=O) groups is 2. The molecule has 0 atom stereocenters. The summed E-state index contributed by atoms with van der Waals surface area (Å²) in [7, 11) is 0. The smallest absolute Gasteiger partial charge is 0.441 e. The second kappa shape index (κ2) is 15.5. The molecule has 4 aromatic rings. The fourth-order valence-corrected chi connectivity index (χ4v) is 5.34. The first kappa shape index (κ1) is 36.1. The van der Waals surface area contributed by atoms with Gasteiger partial charge in [0, 0.05) is 43.2 Å². The summed E-state index contributed by atoms with van der Waals surface area (Å²) in [5.74, 6) is -0.194. The minimum absolute atomic E-state index is 0.0706. The van der Waals surface area contributed by atoms with E-state index in [1.807, 2.05) is 32.0 Å². The van der Waals surface area contributed by atoms with Crippen LogP contribution in [0.3, 0.4) is 0 Å². The molecule has 50 heavy (non-hydrogen) atoms. The number of rotatable bonds is 3. The molecule has 3 aromatic carbocycles. The van der Waals surface area contributed by atoms with Crippen LogP contribution >= 0.6 is 11.6 Å². The van der Waals surface area contributed by atoms with Gasteiger partial charge in [0.05, 0.1) is 18.2 Å². The van der Waals surface area contributed by atoms with Gasteiger partial charge in [0.1, 0.15) is 5.75 Å². The summed E-state index contributed by atoms with van der Waals surface area (Å²) in [6.07, 6.45) is -4.11. The molecular weight excluding hydrogens is 675 g/mol. The van der Waals surface area contributed by atoms with E-state index in [1.54, 1.807) is 59.5 Å². The molecule has 0 unspecified atom stereocenters. The average Bonchev–Trinajstić information content (AvgIpc) is 3.08. The molecule has 0 saturated carbocycles. The average molecular weight is 711 g/mol. The third-order valence-corrected chi connectivity index (χ3v) is 7.80. The molecule has 15 heteroatoms. The van der Waals surface area contributed by atoms with Crippen LogP contribution in [-0.4, -0.2) is 82.0 Å². The summed E-state index contributed by atoms with van der Waals surface area (Å²) in [6, 6.07) is 20.0. The minimum Gasteiger partial charge on any atom is -0.492 e. The molecule has 2 amide bonds. The summed E-state index contributed by atoms with van der Waals surface area (Å²) < 4.78 is 51.0. The highest BCUT2D eigenvalue weighted by molar-refractivity contribution is 6.32. The van der Waals surface area contributed by atoms with Gasteiger partial charge < -0.3 is 25.0 Å². The van der Waals surface area contributed by atoms with Crippen molar-refractivity contribution >= 4 is 47.7 Å². The number of nitrogens with one attached hydrogen (secondary N) is 2. The molecule has 0 fully saturated rings. The van der Waals surface area contributed by atoms with E-state index >= 15 is 0 Å². The van der Waals surface area contributed by atoms with Gasteiger partial charge in [0.25, 0.3) is 11.8 Å². The third kappa shape index (κ3) is 10.1. The maximum absolute atomic E-state index is 13.6. The van der Waals surface area contributed by atoms with Gasteiger partial charge in [0.15, 0.2) is 6.61 Å². The van der Waals surface area contributed by atoms with Crippen LogP contribution in [0.4, 0.5) is 30.8 Å². The number of aromatic nitrogens is 3. The normalized spacial score (nSPS) is 15.8. The molecule has 4 aliphatic rings. The van der Waals surface area contributed by atoms with Crippen molar-refractivity contribution in [2.24, 2.45) is 5.41 Å². The van der Waals surface area contributed by atoms with Crippen LogP contribution in [0.5, 0.6) is 11.8 Å². The second-order valence-electron chi connectivity index (χ2n) is 12.5. The van der Waals surface area contributed by atoms with Crippen molar-refractivity contribution in [2.45, 2.75) is 33.0 Å². The number of hydrogen-bond donors (Lipinski definition) is 2. The van der Waals surface area contributed by atoms with Crippen LogP contribution < -0.4 is 20.1 Å². The molecule has 0 aliphatic carbocycles. The summed E-state index contributed by atoms with van der Waals surface area (Å²) in [6.45, 7) is 7.72. The lowest BCUT2D eigenvalue weighted by Gasteiger charge is -2.33. The molecule has 2 N–H and O–H groups in total. The summed E-state index contributed by atoms with van der Waals surface area (Å²) in [4.78, 5) is 40.8. The Kier molecular flexibility index (Phi) is 11.2. The van der Waals surface area contributed by atoms with Crippen molar-refractivity contribution in [2.75, 3.05) is 38.2 Å². The Morgan fingerprint density at radius 1 is 1.08 bits per heavy atom. The first-order valence-electron chi connectivity index (χ1n) is 15.7. The van der Waals surface area contributed by atoms with Gasteiger partial charge in [0.2, 0.25) is 0 Å². The molecule has 0 saturated heterocycles. The molecule has 262 valence electrons. The quantitative estimate of drug-likeness (QED) is 0.233. The van der Waals surface area contributed by atoms with Crippen LogP contribution in [0.25, 0.3) is 0 Å². The van der Waals surface area contributed by atoms with E-state index in [0.717, 1.165) is 0 Å². The fraction of sp³-hybridized carbons (Fsp3) is 0.314. The standard InChI is InChI=1S/C35H35ClF3N7O4/c1-34(2)20-40-29(47)24-11-13-26(14-12-24)41-31-42-32(44-33(43-31)50-22-35(37,38)39)45(3)19-23-10-15-28(27(36)18-23)49-17-7-16-46(21-34)30(48)25-8-5-4-6-9-25/h4-6,8-15,18H,3,7,16-17,19-22H2,1-2H3,(H-,40,41,42,43,44,47)/p+1. The maximum atomic E-state index is 13.6. The number of ether oxygens (including phenoxy) is 2. The highest BCUT2D eigenvalue weighted by Crippen LogP contribution is 2.28. The van der Waals surface area contributed by atoms with E-state index in [1.165, 1.54) is 4.58 Å². The van der Waals surface area contributed by atoms with Crippen molar-refractivity contribution in [1.29, 1.82) is 0 Å². The first-order chi connectivity index (χ1) is 23.7. The van der Waals surface area contributed by atoms with Gasteiger partial charge in [-0.1, -0.05) is 49.7 Å². The Bertz CT molecular complexity index is 1840. The molecule has 6 bridgehead atoms. The zero-order valence-corrected chi connectivity index (χ0v) is 28.2. The summed E-state index contributed by atoms with van der Waals surface area (Å²) >= 11 is 6.55. The third-order valence-electron chi connectivity index (χ3n) is 7.51. The van der Waals surface area contributed by atoms with Gasteiger partial charge in [-0.05, 0) is 75.9 Å². The second-order valence-corrected chi connectivity index (χ2v) is 12.9. The van der Waals surface area contributed by atoms with Gasteiger partial charge >= 0.3 is 24.1 Å². The van der Waals surface area contributed by atoms with Crippen molar-refractivity contribution in [3.8, 4) is 11.8 Å². The van der Waals surface area contributed by atoms with Gasteiger partial charge in [-0.2, -0.15) is 13.2 Å². The van der Waals surface area contributed by atoms with Crippen molar-refractivity contribution < 1.29 is 36.8 Å². The predicted octanol–water partition coefficient (Wildman–Crippen LogP) is 6.44. The number of benzene rings is 3. The molecule has 5 heterocycles. The van der Waals surface area contributed by atoms with E-state index in [-0.39, 0.29) is 43.4 Å². The lowest BCUT2D eigenvalue weighted by atomic mass is 9.92. The molecule has 4 aliphatic heterocycles. The highest BCUT2D eigenvalue weighted by atomic mass is 35.5. The van der Waals surface area contributed by atoms with E-state index in [2.05, 4.69) is 32.3 Å². The molecule has 0 radical (unpaired) electrons. The minimum atomic E-state index is -4.62. The summed E-state index contributed by atoms with van der Waals surface area (Å²) in [5, 5.41) is 6.21. The van der Waals surface area contributed by atoms with Gasteiger partial charge in [-0.3, -0.25) is 9.59 Å². The predicted molar refractivity (Wildman–Crippen MR) is 182 cm³/mol. The van der Waals surface area contributed by atoms with E-state index in [9.17, 15) is 22.8 Å². The summed E-state index contributed by atoms with van der Waals surface area (Å²) in [5.41, 5.74) is 1.57. The number of nitrogens with zero attached hydrogens (tertiary/aromatic N) is 5. The fourth-order valence-electron chi connectivity index (χ4n) is 5.09. The lowest BCUT2D eigenvalue weighted by Crippen LogP contribution is -2.45. The molecule has 1 aromatic heterocycles. The molecular formula is C35H36ClF3N7O4+. The largest absolute Gasteiger partial charge is 0.492 e. The Balaban J connectivity index is 1.43. The van der Waals surface area contributed by atoms with Crippen LogP contribution in [0.1, 0.15) is 46.5 Å². The number of halogens is 4. The van der Waals surface area contributed by atoms with Crippen LogP contribution in [0.2, 0.25) is 5.02 Å². The lowest BCUT2D eigenvalue weighted by molar-refractivity contribution is -0.457. The number of carbonyl (C=O) groups excluding carboxylic acids is 2. The zero-order chi connectivity index (χ0) is 35.9. The molecule has 0 spiro atoms. The number of amides is 2. The van der Waals surface area contributed by atoms with E-state index in [0.29, 0.717) is 52.7 Å². The Hall–Kier alpha value is -5.24. The van der Waals surface area contributed by atoms with Gasteiger partial charge in [-0.25, -0.2) is 4.58 Å². The van der Waals surface area contributed by atoms with Gasteiger partial charge in [-0.15, -0.1) is 4.98 Å². The van der Waals surface area contributed by atoms with Crippen molar-refractivity contribution in [3.05, 3.63) is 94.5 Å². The SMILES string of the molecule is C=[N+]1Cc2ccc(c(Cl)c2)OCCCN(C(=O)c2ccccc2)CC(C)(C)CNC(=O)c2ccc(cc2)Nc2nc(OCC(F)(F)F)nc1n2. The first-order valence-corrected chi connectivity index (χ1v) is 16.1. The van der Waals surface area contributed by atoms with Crippen molar-refractivity contribution in [3.63, 3.8) is 0 Å². The highest BCUT2D eigenvalue weighted by Gasteiger charge is 2.31. The Labute approximate surface area is 292 Å². The number of hydrogen-bond acceptors (Lipinski definition) is 8. The van der Waals surface area contributed by atoms with Crippen LogP contribution in [0.15, 0.2) is 72.8 Å². The number of alkyl halides is 3. The Morgan fingerprint density at radius 3 is 2.52 bits per heavy atom. The topological polar surface area (TPSA) is 122 Å². The Morgan fingerprint density at radius 2 is 1.82 bits per heavy atom. The van der Waals surface area contributed by atoms with E-state index < -0.39 is 24.2 Å².